The van der Waals surface area contributed by atoms with E-state index in [0.717, 1.165) is 24.3 Å². The van der Waals surface area contributed by atoms with Crippen molar-refractivity contribution in [2.45, 2.75) is 24.0 Å². The van der Waals surface area contributed by atoms with Crippen LogP contribution in [0.1, 0.15) is 5.56 Å². The van der Waals surface area contributed by atoms with Gasteiger partial charge in [0.1, 0.15) is 12.3 Å². The van der Waals surface area contributed by atoms with Crippen molar-refractivity contribution in [1.29, 1.82) is 0 Å². The fraction of sp³-hybridized carbons (Fsp3) is 0.286. The molecule has 2 rings (SSSR count). The van der Waals surface area contributed by atoms with E-state index >= 15 is 0 Å². The van der Waals surface area contributed by atoms with Gasteiger partial charge in [-0.2, -0.15) is 28.8 Å². The van der Waals surface area contributed by atoms with Crippen LogP contribution >= 0.6 is 11.3 Å². The monoisotopic (exact) mass is 419 g/mol. The standard InChI is InChI=1S/C14H11F6NO3S2/c15-13(16,17)9-21(7-10-5-6-25-8-10)26(22,23)12-3-1-11(2-4-12)24-14(18,19)20/h1-6,8H,7,9H2. The van der Waals surface area contributed by atoms with Gasteiger partial charge in [-0.25, -0.2) is 8.42 Å². The maximum Gasteiger partial charge on any atom is 0.573 e. The minimum absolute atomic E-state index is 0.217. The van der Waals surface area contributed by atoms with E-state index in [2.05, 4.69) is 4.74 Å². The first-order chi connectivity index (χ1) is 11.9. The fourth-order valence-electron chi connectivity index (χ4n) is 1.97. The van der Waals surface area contributed by atoms with E-state index in [4.69, 9.17) is 0 Å². The molecule has 4 nitrogen and oxygen atoms in total. The number of rotatable bonds is 6. The summed E-state index contributed by atoms with van der Waals surface area (Å²) >= 11 is 1.19. The molecule has 1 aromatic heterocycles. The van der Waals surface area contributed by atoms with Crippen LogP contribution in [0.15, 0.2) is 46.0 Å². The maximum atomic E-state index is 12.8. The molecular weight excluding hydrogens is 408 g/mol. The van der Waals surface area contributed by atoms with Crippen LogP contribution in [-0.4, -0.2) is 31.8 Å². The largest absolute Gasteiger partial charge is 0.573 e. The van der Waals surface area contributed by atoms with E-state index in [9.17, 15) is 34.8 Å². The second-order valence-electron chi connectivity index (χ2n) is 5.04. The Morgan fingerprint density at radius 3 is 2.08 bits per heavy atom. The number of nitrogens with zero attached hydrogens (tertiary/aromatic N) is 1. The highest BCUT2D eigenvalue weighted by molar-refractivity contribution is 7.89. The molecule has 0 unspecified atom stereocenters. The maximum absolute atomic E-state index is 12.8. The van der Waals surface area contributed by atoms with E-state index < -0.39 is 46.3 Å². The SMILES string of the molecule is O=S(=O)(c1ccc(OC(F)(F)F)cc1)N(Cc1ccsc1)CC(F)(F)F. The van der Waals surface area contributed by atoms with Gasteiger partial charge in [0.05, 0.1) is 4.90 Å². The van der Waals surface area contributed by atoms with Crippen molar-refractivity contribution >= 4 is 21.4 Å². The first kappa shape index (κ1) is 20.5. The Bertz CT molecular complexity index is 814. The van der Waals surface area contributed by atoms with Crippen molar-refractivity contribution in [2.75, 3.05) is 6.54 Å². The molecule has 0 bridgehead atoms. The van der Waals surface area contributed by atoms with Crippen molar-refractivity contribution in [3.05, 3.63) is 46.7 Å². The third-order valence-corrected chi connectivity index (χ3v) is 5.53. The highest BCUT2D eigenvalue weighted by atomic mass is 32.2. The first-order valence-electron chi connectivity index (χ1n) is 6.81. The molecule has 0 spiro atoms. The number of sulfonamides is 1. The summed E-state index contributed by atoms with van der Waals surface area (Å²) in [6.45, 7) is -2.25. The van der Waals surface area contributed by atoms with Crippen molar-refractivity contribution in [3.8, 4) is 5.75 Å². The zero-order valence-corrected chi connectivity index (χ0v) is 14.3. The molecule has 0 N–H and O–H groups in total. The number of alkyl halides is 6. The molecule has 0 aliphatic rings. The Balaban J connectivity index is 2.30. The molecule has 12 heteroatoms. The second-order valence-corrected chi connectivity index (χ2v) is 7.76. The lowest BCUT2D eigenvalue weighted by Crippen LogP contribution is -2.38. The predicted molar refractivity (Wildman–Crippen MR) is 81.1 cm³/mol. The molecule has 0 aliphatic heterocycles. The zero-order chi connectivity index (χ0) is 19.6. The molecule has 2 aromatic rings. The zero-order valence-electron chi connectivity index (χ0n) is 12.7. The quantitative estimate of drug-likeness (QED) is 0.652. The number of hydrogen-bond acceptors (Lipinski definition) is 4. The van der Waals surface area contributed by atoms with Crippen molar-refractivity contribution in [3.63, 3.8) is 0 Å². The molecular formula is C14H11F6NO3S2. The van der Waals surface area contributed by atoms with Crippen molar-refractivity contribution < 1.29 is 39.5 Å². The van der Waals surface area contributed by atoms with Gasteiger partial charge in [0.15, 0.2) is 0 Å². The van der Waals surface area contributed by atoms with Crippen molar-refractivity contribution in [1.82, 2.24) is 4.31 Å². The Morgan fingerprint density at radius 2 is 1.62 bits per heavy atom. The van der Waals surface area contributed by atoms with Gasteiger partial charge >= 0.3 is 12.5 Å². The van der Waals surface area contributed by atoms with Crippen LogP contribution in [0.25, 0.3) is 0 Å². The van der Waals surface area contributed by atoms with Crippen LogP contribution in [0.2, 0.25) is 0 Å². The van der Waals surface area contributed by atoms with E-state index in [0.29, 0.717) is 5.56 Å². The summed E-state index contributed by atoms with van der Waals surface area (Å²) in [5.74, 6) is -0.684. The van der Waals surface area contributed by atoms with E-state index in [1.807, 2.05) is 0 Å². The summed E-state index contributed by atoms with van der Waals surface area (Å²) in [6, 6.07) is 4.43. The number of ether oxygens (including phenoxy) is 1. The van der Waals surface area contributed by atoms with Crippen molar-refractivity contribution in [2.24, 2.45) is 0 Å². The summed E-state index contributed by atoms with van der Waals surface area (Å²) in [6.07, 6.45) is -9.76. The summed E-state index contributed by atoms with van der Waals surface area (Å²) < 4.78 is 104. The number of hydrogen-bond donors (Lipinski definition) is 0. The van der Waals surface area contributed by atoms with Gasteiger partial charge in [0.2, 0.25) is 10.0 Å². The lowest BCUT2D eigenvalue weighted by molar-refractivity contribution is -0.274. The van der Waals surface area contributed by atoms with E-state index in [-0.39, 0.29) is 4.31 Å². The fourth-order valence-corrected chi connectivity index (χ4v) is 4.05. The Hall–Kier alpha value is -1.79. The third-order valence-electron chi connectivity index (χ3n) is 2.99. The third kappa shape index (κ3) is 5.88. The highest BCUT2D eigenvalue weighted by Gasteiger charge is 2.37. The molecule has 0 saturated carbocycles. The lowest BCUT2D eigenvalue weighted by atomic mass is 10.3. The van der Waals surface area contributed by atoms with Gasteiger partial charge in [-0.15, -0.1) is 13.2 Å². The molecule has 0 amide bonds. The van der Waals surface area contributed by atoms with E-state index in [1.165, 1.54) is 22.8 Å². The van der Waals surface area contributed by atoms with Crippen LogP contribution in [0.4, 0.5) is 26.3 Å². The molecule has 0 aliphatic carbocycles. The molecule has 26 heavy (non-hydrogen) atoms. The molecule has 0 atom stereocenters. The molecule has 0 radical (unpaired) electrons. The molecule has 0 saturated heterocycles. The van der Waals surface area contributed by atoms with Gasteiger partial charge in [0.25, 0.3) is 0 Å². The summed E-state index contributed by atoms with van der Waals surface area (Å²) in [7, 11) is -4.59. The van der Waals surface area contributed by atoms with Crippen LogP contribution in [-0.2, 0) is 16.6 Å². The average molecular weight is 419 g/mol. The first-order valence-corrected chi connectivity index (χ1v) is 9.19. The summed E-state index contributed by atoms with van der Waals surface area (Å²) in [5.41, 5.74) is 0.361. The van der Waals surface area contributed by atoms with Gasteiger partial charge in [-0.1, -0.05) is 0 Å². The Kier molecular flexibility index (Phi) is 5.88. The molecule has 1 aromatic carbocycles. The van der Waals surface area contributed by atoms with Crippen LogP contribution in [0.3, 0.4) is 0 Å². The van der Waals surface area contributed by atoms with Gasteiger partial charge in [-0.05, 0) is 46.7 Å². The molecule has 144 valence electrons. The Labute approximate surface area is 148 Å². The molecule has 1 heterocycles. The van der Waals surface area contributed by atoms with Gasteiger partial charge < -0.3 is 4.74 Å². The normalized spacial score (nSPS) is 13.2. The number of halogens is 6. The smallest absolute Gasteiger partial charge is 0.406 e. The summed E-state index contributed by atoms with van der Waals surface area (Å²) in [4.78, 5) is -0.577. The topological polar surface area (TPSA) is 46.6 Å². The lowest BCUT2D eigenvalue weighted by Gasteiger charge is -2.23. The minimum Gasteiger partial charge on any atom is -0.406 e. The number of thiophene rings is 1. The van der Waals surface area contributed by atoms with Gasteiger partial charge in [-0.3, -0.25) is 0 Å². The highest BCUT2D eigenvalue weighted by Crippen LogP contribution is 2.28. The van der Waals surface area contributed by atoms with Crippen LogP contribution in [0.5, 0.6) is 5.75 Å². The average Bonchev–Trinajstić information content (AvgIpc) is 2.97. The predicted octanol–water partition coefficient (Wildman–Crippen LogP) is 4.40. The minimum atomic E-state index is -4.97. The van der Waals surface area contributed by atoms with Gasteiger partial charge in [0, 0.05) is 6.54 Å². The van der Waals surface area contributed by atoms with Crippen LogP contribution in [0, 0.1) is 0 Å². The number of benzene rings is 1. The van der Waals surface area contributed by atoms with E-state index in [1.54, 1.807) is 5.38 Å². The second kappa shape index (κ2) is 7.45. The summed E-state index contributed by atoms with van der Waals surface area (Å²) in [5, 5.41) is 3.08. The van der Waals surface area contributed by atoms with Crippen LogP contribution < -0.4 is 4.74 Å². The molecule has 0 fully saturated rings. The Morgan fingerprint density at radius 1 is 1.00 bits per heavy atom.